The van der Waals surface area contributed by atoms with E-state index in [0.717, 1.165) is 0 Å². The van der Waals surface area contributed by atoms with Gasteiger partial charge in [-0.3, -0.25) is 0 Å². The maximum absolute atomic E-state index is 2.61. The summed E-state index contributed by atoms with van der Waals surface area (Å²) >= 11 is -2.28. The fourth-order valence-corrected chi connectivity index (χ4v) is 16.4. The van der Waals surface area contributed by atoms with E-state index in [1.54, 1.807) is 14.4 Å². The van der Waals surface area contributed by atoms with Crippen molar-refractivity contribution in [1.29, 1.82) is 0 Å². The maximum atomic E-state index is 2.61. The molecule has 2 aliphatic carbocycles. The molecule has 0 unspecified atom stereocenters. The molecule has 0 aliphatic heterocycles. The number of rotatable bonds is 6. The summed E-state index contributed by atoms with van der Waals surface area (Å²) < 4.78 is 4.34. The van der Waals surface area contributed by atoms with Crippen molar-refractivity contribution in [2.75, 3.05) is 0 Å². The second-order valence-corrected chi connectivity index (χ2v) is 20.8. The van der Waals surface area contributed by atoms with Crippen molar-refractivity contribution >= 4 is 3.21 Å². The molecule has 2 aromatic carbocycles. The second-order valence-electron chi connectivity index (χ2n) is 14.1. The van der Waals surface area contributed by atoms with Crippen molar-refractivity contribution in [2.24, 2.45) is 11.8 Å². The van der Waals surface area contributed by atoms with Crippen LogP contribution in [0.1, 0.15) is 114 Å². The standard InChI is InChI=1S/C21H25.C9H18.C5H5.2ClH.Zr/c1-20(2,3)16-7-9-18-14(12-16)11-15-13-17(21(4,5)6)8-10-19(15)18;1-8(2)6-5-7-9(3)4;1-2-4-5-3-1;;;/h7-13H,1-6H3;8-9H,6-7H2,1-4H3;1-3H,4H2;2*1H;/q;;;;;+2/p-2. The van der Waals surface area contributed by atoms with Gasteiger partial charge in [0.2, 0.25) is 0 Å². The van der Waals surface area contributed by atoms with Gasteiger partial charge in [0, 0.05) is 0 Å². The molecule has 0 amide bonds. The van der Waals surface area contributed by atoms with Gasteiger partial charge in [-0.15, -0.1) is 0 Å². The molecule has 206 valence electrons. The Morgan fingerprint density at radius 2 is 1.21 bits per heavy atom. The third-order valence-corrected chi connectivity index (χ3v) is 16.3. The topological polar surface area (TPSA) is 0 Å². The molecular formula is C35H48Cl2Zr. The normalized spacial score (nSPS) is 14.4. The number of benzene rings is 2. The van der Waals surface area contributed by atoms with Gasteiger partial charge >= 0.3 is 231 Å². The molecule has 2 aromatic rings. The molecule has 0 atom stereocenters. The zero-order valence-electron chi connectivity index (χ0n) is 25.3. The van der Waals surface area contributed by atoms with Crippen LogP contribution in [0.25, 0.3) is 11.1 Å². The zero-order chi connectivity index (χ0) is 26.4. The van der Waals surface area contributed by atoms with E-state index < -0.39 is 21.3 Å². The van der Waals surface area contributed by atoms with E-state index in [1.807, 2.05) is 3.21 Å². The van der Waals surface area contributed by atoms with Gasteiger partial charge in [0.1, 0.15) is 0 Å². The van der Waals surface area contributed by atoms with Crippen LogP contribution < -0.4 is 24.8 Å². The Hall–Kier alpha value is -0.747. The van der Waals surface area contributed by atoms with Crippen molar-refractivity contribution in [3.05, 3.63) is 80.2 Å². The summed E-state index contributed by atoms with van der Waals surface area (Å²) in [5, 5.41) is 0. The molecule has 0 saturated heterocycles. The van der Waals surface area contributed by atoms with Gasteiger partial charge < -0.3 is 24.8 Å². The van der Waals surface area contributed by atoms with E-state index in [-0.39, 0.29) is 35.6 Å². The first-order valence-corrected chi connectivity index (χ1v) is 18.0. The predicted molar refractivity (Wildman–Crippen MR) is 157 cm³/mol. The summed E-state index contributed by atoms with van der Waals surface area (Å²) in [4.78, 5) is 0. The molecule has 0 saturated carbocycles. The Balaban J connectivity index is 0.00000253. The number of halogens is 2. The first-order valence-electron chi connectivity index (χ1n) is 14.1. The molecule has 0 fully saturated rings. The number of hydrogen-bond donors (Lipinski definition) is 0. The molecule has 0 spiro atoms. The zero-order valence-corrected chi connectivity index (χ0v) is 29.3. The van der Waals surface area contributed by atoms with Gasteiger partial charge in [0.05, 0.1) is 0 Å². The third-order valence-electron chi connectivity index (χ3n) is 7.84. The van der Waals surface area contributed by atoms with Crippen LogP contribution in [0, 0.1) is 11.8 Å². The molecule has 0 bridgehead atoms. The largest absolute Gasteiger partial charge is 1.00 e. The number of fused-ring (bicyclic) bond motifs is 3. The van der Waals surface area contributed by atoms with Crippen LogP contribution in [0.2, 0.25) is 0 Å². The Bertz CT molecular complexity index is 1150. The van der Waals surface area contributed by atoms with E-state index in [9.17, 15) is 0 Å². The van der Waals surface area contributed by atoms with Crippen LogP contribution in [0.15, 0.2) is 57.9 Å². The van der Waals surface area contributed by atoms with Crippen LogP contribution in [0.3, 0.4) is 0 Å². The van der Waals surface area contributed by atoms with E-state index in [4.69, 9.17) is 0 Å². The van der Waals surface area contributed by atoms with Crippen molar-refractivity contribution in [3.63, 3.8) is 0 Å². The molecular weight excluding hydrogens is 583 g/mol. The SMILES string of the molecule is CC(C)C[C](CC(C)C)=[Zr+2]([C]1=CC=CC1)[CH]1c2cc(C(C)(C)C)ccc2-c2ccc(C(C)(C)C)cc21.[Cl-].[Cl-]. The number of hydrogen-bond acceptors (Lipinski definition) is 0. The minimum Gasteiger partial charge on any atom is -1.00 e. The summed E-state index contributed by atoms with van der Waals surface area (Å²) in [6.45, 7) is 23.9. The predicted octanol–water partition coefficient (Wildman–Crippen LogP) is 4.09. The van der Waals surface area contributed by atoms with Crippen molar-refractivity contribution in [3.8, 4) is 11.1 Å². The van der Waals surface area contributed by atoms with Crippen molar-refractivity contribution in [1.82, 2.24) is 0 Å². The molecule has 0 heterocycles. The van der Waals surface area contributed by atoms with Gasteiger partial charge in [-0.2, -0.15) is 0 Å². The van der Waals surface area contributed by atoms with Crippen LogP contribution in [-0.2, 0) is 32.1 Å². The molecule has 3 heteroatoms. The molecule has 2 aliphatic rings. The average Bonchev–Trinajstić information content (AvgIpc) is 3.38. The fourth-order valence-electron chi connectivity index (χ4n) is 6.06. The second kappa shape index (κ2) is 12.8. The minimum atomic E-state index is -2.28. The summed E-state index contributed by atoms with van der Waals surface area (Å²) in [6, 6.07) is 14.9. The molecule has 0 nitrogen and oxygen atoms in total. The van der Waals surface area contributed by atoms with E-state index >= 15 is 0 Å². The van der Waals surface area contributed by atoms with Gasteiger partial charge in [-0.05, 0) is 0 Å². The first-order chi connectivity index (χ1) is 16.8. The van der Waals surface area contributed by atoms with Crippen LogP contribution >= 0.6 is 0 Å². The third kappa shape index (κ3) is 7.11. The van der Waals surface area contributed by atoms with Crippen molar-refractivity contribution < 1.29 is 46.1 Å². The Morgan fingerprint density at radius 3 is 1.55 bits per heavy atom. The summed E-state index contributed by atoms with van der Waals surface area (Å²) in [6.07, 6.45) is 11.0. The Morgan fingerprint density at radius 1 is 0.763 bits per heavy atom. The monoisotopic (exact) mass is 628 g/mol. The van der Waals surface area contributed by atoms with Gasteiger partial charge in [0.25, 0.3) is 0 Å². The summed E-state index contributed by atoms with van der Waals surface area (Å²) in [5.41, 5.74) is 9.54. The van der Waals surface area contributed by atoms with Gasteiger partial charge in [-0.1, -0.05) is 0 Å². The van der Waals surface area contributed by atoms with Crippen LogP contribution in [-0.4, -0.2) is 3.21 Å². The first kappa shape index (κ1) is 33.5. The van der Waals surface area contributed by atoms with Gasteiger partial charge in [-0.25, -0.2) is 0 Å². The van der Waals surface area contributed by atoms with E-state index in [1.165, 1.54) is 41.5 Å². The number of allylic oxidation sites excluding steroid dienone is 4. The quantitative estimate of drug-likeness (QED) is 0.452. The summed E-state index contributed by atoms with van der Waals surface area (Å²) in [7, 11) is 0. The molecule has 0 radical (unpaired) electrons. The van der Waals surface area contributed by atoms with Crippen molar-refractivity contribution in [2.45, 2.75) is 103 Å². The molecule has 38 heavy (non-hydrogen) atoms. The fraction of sp³-hybridized carbons (Fsp3) is 0.514. The smallest absolute Gasteiger partial charge is 1.00 e. The molecule has 0 N–H and O–H groups in total. The Kier molecular flexibility index (Phi) is 11.3. The molecule has 4 rings (SSSR count). The van der Waals surface area contributed by atoms with Gasteiger partial charge in [0.15, 0.2) is 0 Å². The van der Waals surface area contributed by atoms with E-state index in [0.29, 0.717) is 15.5 Å². The van der Waals surface area contributed by atoms with Crippen LogP contribution in [0.5, 0.6) is 0 Å². The average molecular weight is 631 g/mol. The van der Waals surface area contributed by atoms with E-state index in [2.05, 4.69) is 124 Å². The molecule has 0 aromatic heterocycles. The van der Waals surface area contributed by atoms with Crippen LogP contribution in [0.4, 0.5) is 0 Å². The Labute approximate surface area is 253 Å². The summed E-state index contributed by atoms with van der Waals surface area (Å²) in [5.74, 6) is 1.43. The maximum Gasteiger partial charge on any atom is -1.00 e. The minimum absolute atomic E-state index is 0.